The summed E-state index contributed by atoms with van der Waals surface area (Å²) >= 11 is 0. The van der Waals surface area contributed by atoms with Gasteiger partial charge in [0.05, 0.1) is 36.4 Å². The summed E-state index contributed by atoms with van der Waals surface area (Å²) in [5, 5.41) is 2.80. The van der Waals surface area contributed by atoms with E-state index in [1.165, 1.54) is 10.4 Å². The fourth-order valence-corrected chi connectivity index (χ4v) is 17.6. The van der Waals surface area contributed by atoms with Gasteiger partial charge in [-0.05, 0) is 0 Å². The van der Waals surface area contributed by atoms with E-state index in [9.17, 15) is 4.79 Å². The first-order valence-corrected chi connectivity index (χ1v) is 17.6. The molecule has 5 heteroatoms. The van der Waals surface area contributed by atoms with E-state index in [0.29, 0.717) is 0 Å². The Hall–Kier alpha value is -0.139. The van der Waals surface area contributed by atoms with Crippen molar-refractivity contribution in [3.05, 3.63) is 10.4 Å². The third kappa shape index (κ3) is 2.45. The van der Waals surface area contributed by atoms with Crippen LogP contribution in [0.1, 0.15) is 0 Å². The number of hydrogen-bond acceptors (Lipinski definition) is 2. The molecule has 1 rings (SSSR count). The number of methoxy groups -OCH3 is 1. The second-order valence-corrected chi connectivity index (χ2v) is 24.0. The van der Waals surface area contributed by atoms with Crippen LogP contribution in [-0.2, 0) is 9.53 Å². The van der Waals surface area contributed by atoms with Gasteiger partial charge >= 0.3 is 5.97 Å². The molecule has 0 radical (unpaired) electrons. The Balaban J connectivity index is 3.52. The second-order valence-electron chi connectivity index (χ2n) is 8.74. The standard InChI is InChI=1S/C14H30O2Si3/c1-16-13(15)14(19(8,9)10)11(17(2,3)4)12(14)18(5,6)7/h1-10H3. The summed E-state index contributed by atoms with van der Waals surface area (Å²) in [5.74, 6) is 0.0292. The molecule has 19 heavy (non-hydrogen) atoms. The van der Waals surface area contributed by atoms with Crippen LogP contribution in [0, 0.1) is 0 Å². The van der Waals surface area contributed by atoms with E-state index < -0.39 is 24.2 Å². The van der Waals surface area contributed by atoms with Crippen molar-refractivity contribution in [2.45, 2.75) is 64.0 Å². The first kappa shape index (κ1) is 16.9. The zero-order valence-corrected chi connectivity index (χ0v) is 17.3. The van der Waals surface area contributed by atoms with Gasteiger partial charge in [0.1, 0.15) is 0 Å². The van der Waals surface area contributed by atoms with Crippen molar-refractivity contribution in [1.82, 2.24) is 0 Å². The maximum atomic E-state index is 12.7. The van der Waals surface area contributed by atoms with Crippen LogP contribution in [-0.4, -0.2) is 37.3 Å². The van der Waals surface area contributed by atoms with Gasteiger partial charge in [0, 0.05) is 0 Å². The minimum atomic E-state index is -1.68. The van der Waals surface area contributed by atoms with E-state index in [-0.39, 0.29) is 11.0 Å². The van der Waals surface area contributed by atoms with Gasteiger partial charge in [-0.1, -0.05) is 69.3 Å². The van der Waals surface area contributed by atoms with Crippen molar-refractivity contribution in [1.29, 1.82) is 0 Å². The largest absolute Gasteiger partial charge is 0.468 e. The van der Waals surface area contributed by atoms with Crippen molar-refractivity contribution in [3.8, 4) is 0 Å². The highest BCUT2D eigenvalue weighted by molar-refractivity contribution is 7.02. The summed E-state index contributed by atoms with van der Waals surface area (Å²) < 4.78 is 5.25. The van der Waals surface area contributed by atoms with Crippen LogP contribution in [0.2, 0.25) is 64.0 Å². The van der Waals surface area contributed by atoms with E-state index in [2.05, 4.69) is 58.9 Å². The maximum Gasteiger partial charge on any atom is 0.316 e. The van der Waals surface area contributed by atoms with E-state index in [0.717, 1.165) is 0 Å². The smallest absolute Gasteiger partial charge is 0.316 e. The number of esters is 1. The Morgan fingerprint density at radius 3 is 1.32 bits per heavy atom. The number of rotatable bonds is 4. The summed E-state index contributed by atoms with van der Waals surface area (Å²) in [6, 6.07) is 0. The lowest BCUT2D eigenvalue weighted by Crippen LogP contribution is -2.44. The molecule has 0 atom stereocenters. The molecule has 0 aromatic rings. The van der Waals surface area contributed by atoms with Gasteiger partial charge in [-0.3, -0.25) is 4.79 Å². The molecule has 0 spiro atoms. The Labute approximate surface area is 121 Å². The fraction of sp³-hybridized carbons (Fsp3) is 0.786. The quantitative estimate of drug-likeness (QED) is 0.571. The predicted molar refractivity (Wildman–Crippen MR) is 91.8 cm³/mol. The van der Waals surface area contributed by atoms with Gasteiger partial charge in [0.15, 0.2) is 0 Å². The molecule has 0 saturated carbocycles. The third-order valence-corrected chi connectivity index (χ3v) is 12.0. The van der Waals surface area contributed by atoms with Crippen LogP contribution in [0.15, 0.2) is 10.4 Å². The maximum absolute atomic E-state index is 12.7. The first-order chi connectivity index (χ1) is 8.22. The average molecular weight is 315 g/mol. The molecule has 1 aliphatic carbocycles. The molecule has 0 fully saturated rings. The normalized spacial score (nSPS) is 19.5. The summed E-state index contributed by atoms with van der Waals surface area (Å²) in [7, 11) is -3.08. The zero-order chi connectivity index (χ0) is 15.4. The lowest BCUT2D eigenvalue weighted by atomic mass is 10.4. The highest BCUT2D eigenvalue weighted by atomic mass is 28.3. The van der Waals surface area contributed by atoms with Crippen LogP contribution in [0.4, 0.5) is 0 Å². The second kappa shape index (κ2) is 4.43. The first-order valence-electron chi connectivity index (χ1n) is 7.07. The van der Waals surface area contributed by atoms with E-state index in [1.54, 1.807) is 7.11 Å². The van der Waals surface area contributed by atoms with Crippen molar-refractivity contribution < 1.29 is 9.53 Å². The number of carbonyl (C=O) groups excluding carboxylic acids is 1. The van der Waals surface area contributed by atoms with Crippen LogP contribution < -0.4 is 0 Å². The fourth-order valence-electron chi connectivity index (χ4n) is 3.57. The van der Waals surface area contributed by atoms with Crippen LogP contribution in [0.25, 0.3) is 0 Å². The van der Waals surface area contributed by atoms with E-state index >= 15 is 0 Å². The van der Waals surface area contributed by atoms with Crippen LogP contribution in [0.3, 0.4) is 0 Å². The van der Waals surface area contributed by atoms with Crippen LogP contribution >= 0.6 is 0 Å². The van der Waals surface area contributed by atoms with Gasteiger partial charge in [-0.25, -0.2) is 0 Å². The number of ether oxygens (including phenoxy) is 1. The number of carbonyl (C=O) groups is 1. The topological polar surface area (TPSA) is 26.3 Å². The molecule has 2 nitrogen and oxygen atoms in total. The van der Waals surface area contributed by atoms with Crippen molar-refractivity contribution in [2.24, 2.45) is 0 Å². The monoisotopic (exact) mass is 314 g/mol. The number of hydrogen-bond donors (Lipinski definition) is 0. The van der Waals surface area contributed by atoms with Crippen molar-refractivity contribution >= 4 is 30.2 Å². The highest BCUT2D eigenvalue weighted by Crippen LogP contribution is 2.71. The Bertz CT molecular complexity index is 407. The minimum absolute atomic E-state index is 0.0292. The Morgan fingerprint density at radius 1 is 0.842 bits per heavy atom. The molecule has 1 aliphatic rings. The molecule has 0 aliphatic heterocycles. The summed E-state index contributed by atoms with van der Waals surface area (Å²) in [6.07, 6.45) is 0. The van der Waals surface area contributed by atoms with Gasteiger partial charge in [0.25, 0.3) is 0 Å². The predicted octanol–water partition coefficient (Wildman–Crippen LogP) is 4.30. The molecule has 110 valence electrons. The van der Waals surface area contributed by atoms with Crippen molar-refractivity contribution in [3.63, 3.8) is 0 Å². The molecule has 0 heterocycles. The molecule has 0 saturated heterocycles. The Kier molecular flexibility index (Phi) is 3.94. The lowest BCUT2D eigenvalue weighted by Gasteiger charge is -2.35. The van der Waals surface area contributed by atoms with Gasteiger partial charge < -0.3 is 4.74 Å². The molecule has 0 bridgehead atoms. The molecule has 0 N–H and O–H groups in total. The van der Waals surface area contributed by atoms with E-state index in [4.69, 9.17) is 4.74 Å². The Morgan fingerprint density at radius 2 is 1.16 bits per heavy atom. The minimum Gasteiger partial charge on any atom is -0.468 e. The average Bonchev–Trinajstić information content (AvgIpc) is 2.85. The summed E-state index contributed by atoms with van der Waals surface area (Å²) in [6.45, 7) is 21.2. The SMILES string of the molecule is COC(=O)C1([Si](C)(C)C)C([Si](C)(C)C)=C1[Si](C)(C)C. The van der Waals surface area contributed by atoms with Crippen LogP contribution in [0.5, 0.6) is 0 Å². The molecule has 0 aromatic carbocycles. The summed E-state index contributed by atoms with van der Waals surface area (Å²) in [4.78, 5) is 12.7. The van der Waals surface area contributed by atoms with Gasteiger partial charge in [0.2, 0.25) is 0 Å². The molecule has 0 aromatic heterocycles. The summed E-state index contributed by atoms with van der Waals surface area (Å²) in [5.41, 5.74) is 0. The molecule has 0 amide bonds. The zero-order valence-electron chi connectivity index (χ0n) is 14.3. The van der Waals surface area contributed by atoms with Gasteiger partial charge in [-0.15, -0.1) is 0 Å². The van der Waals surface area contributed by atoms with Gasteiger partial charge in [-0.2, -0.15) is 0 Å². The van der Waals surface area contributed by atoms with E-state index in [1.807, 2.05) is 0 Å². The third-order valence-electron chi connectivity index (χ3n) is 4.05. The molecule has 0 unspecified atom stereocenters. The molecular formula is C14H30O2Si3. The lowest BCUT2D eigenvalue weighted by molar-refractivity contribution is -0.141. The highest BCUT2D eigenvalue weighted by Gasteiger charge is 2.71. The van der Waals surface area contributed by atoms with Crippen molar-refractivity contribution in [2.75, 3.05) is 7.11 Å². The molecular weight excluding hydrogens is 284 g/mol.